The molecule has 0 radical (unpaired) electrons. The Balaban J connectivity index is 2.02. The molecular weight excluding hydrogens is 294 g/mol. The molecular formula is C14H18BrNO2. The minimum atomic E-state index is -0.138. The third-order valence-electron chi connectivity index (χ3n) is 3.13. The van der Waals surface area contributed by atoms with E-state index in [1.54, 1.807) is 0 Å². The summed E-state index contributed by atoms with van der Waals surface area (Å²) in [6.07, 6.45) is 3.87. The van der Waals surface area contributed by atoms with Crippen LogP contribution in [-0.4, -0.2) is 24.3 Å². The van der Waals surface area contributed by atoms with Crippen molar-refractivity contribution >= 4 is 27.9 Å². The van der Waals surface area contributed by atoms with Gasteiger partial charge < -0.3 is 14.8 Å². The molecule has 2 unspecified atom stereocenters. The molecule has 1 aliphatic heterocycles. The number of hydrogen-bond donors (Lipinski definition) is 1. The summed E-state index contributed by atoms with van der Waals surface area (Å²) in [4.78, 5) is 11.0. The number of rotatable bonds is 6. The number of anilines is 1. The van der Waals surface area contributed by atoms with Crippen LogP contribution >= 0.6 is 15.9 Å². The van der Waals surface area contributed by atoms with E-state index < -0.39 is 0 Å². The minimum Gasteiger partial charge on any atom is -0.375 e. The summed E-state index contributed by atoms with van der Waals surface area (Å²) in [5, 5.41) is 4.23. The maximum Gasteiger partial charge on any atom is 0.142 e. The molecule has 1 aromatic carbocycles. The van der Waals surface area contributed by atoms with Gasteiger partial charge in [0, 0.05) is 29.6 Å². The van der Waals surface area contributed by atoms with Crippen LogP contribution in [-0.2, 0) is 9.53 Å². The Kier molecular flexibility index (Phi) is 5.20. The number of unbranched alkanes of at least 4 members (excludes halogenated alkanes) is 1. The van der Waals surface area contributed by atoms with Gasteiger partial charge in [-0.1, -0.05) is 34.1 Å². The molecule has 3 nitrogen and oxygen atoms in total. The van der Waals surface area contributed by atoms with Gasteiger partial charge in [-0.15, -0.1) is 0 Å². The summed E-state index contributed by atoms with van der Waals surface area (Å²) in [6.45, 7) is 0.746. The van der Waals surface area contributed by atoms with Crippen LogP contribution < -0.4 is 5.32 Å². The highest BCUT2D eigenvalue weighted by molar-refractivity contribution is 9.09. The molecule has 1 N–H and O–H groups in total. The lowest BCUT2D eigenvalue weighted by Gasteiger charge is -2.30. The molecule has 0 amide bonds. The van der Waals surface area contributed by atoms with Crippen LogP contribution in [0.2, 0.25) is 0 Å². The molecule has 0 saturated heterocycles. The molecule has 2 rings (SSSR count). The Labute approximate surface area is 116 Å². The van der Waals surface area contributed by atoms with Crippen LogP contribution in [0.5, 0.6) is 0 Å². The zero-order valence-electron chi connectivity index (χ0n) is 10.3. The smallest absolute Gasteiger partial charge is 0.142 e. The van der Waals surface area contributed by atoms with Crippen molar-refractivity contribution in [2.24, 2.45) is 0 Å². The highest BCUT2D eigenvalue weighted by Gasteiger charge is 2.26. The lowest BCUT2D eigenvalue weighted by atomic mass is 9.95. The van der Waals surface area contributed by atoms with E-state index in [2.05, 4.69) is 27.3 Å². The van der Waals surface area contributed by atoms with E-state index in [1.807, 2.05) is 18.2 Å². The fourth-order valence-electron chi connectivity index (χ4n) is 2.20. The first kappa shape index (κ1) is 13.6. The summed E-state index contributed by atoms with van der Waals surface area (Å²) in [5.74, 6) is 0. The number of aldehydes is 1. The minimum absolute atomic E-state index is 0.0352. The number of para-hydroxylation sites is 1. The zero-order valence-corrected chi connectivity index (χ0v) is 11.9. The van der Waals surface area contributed by atoms with Crippen molar-refractivity contribution in [1.82, 2.24) is 0 Å². The van der Waals surface area contributed by atoms with E-state index in [4.69, 9.17) is 4.74 Å². The van der Waals surface area contributed by atoms with E-state index in [1.165, 1.54) is 0 Å². The number of carbonyl (C=O) groups is 1. The molecule has 0 bridgehead atoms. The van der Waals surface area contributed by atoms with Crippen molar-refractivity contribution in [3.63, 3.8) is 0 Å². The van der Waals surface area contributed by atoms with Crippen LogP contribution in [0.25, 0.3) is 0 Å². The maximum absolute atomic E-state index is 11.0. The van der Waals surface area contributed by atoms with E-state index in [0.29, 0.717) is 0 Å². The van der Waals surface area contributed by atoms with Gasteiger partial charge in [0.1, 0.15) is 6.29 Å². The predicted octanol–water partition coefficient (Wildman–Crippen LogP) is 3.30. The van der Waals surface area contributed by atoms with Crippen LogP contribution in [0.1, 0.15) is 30.9 Å². The van der Waals surface area contributed by atoms with Crippen LogP contribution in [0.15, 0.2) is 24.3 Å². The number of ether oxygens (including phenoxy) is 1. The third kappa shape index (κ3) is 3.33. The number of nitrogens with one attached hydrogen (secondary N) is 1. The zero-order chi connectivity index (χ0) is 12.8. The Bertz CT molecular complexity index is 397. The molecule has 1 aliphatic rings. The lowest BCUT2D eigenvalue weighted by molar-refractivity contribution is -0.109. The Hall–Kier alpha value is -0.870. The van der Waals surface area contributed by atoms with E-state index in [9.17, 15) is 4.79 Å². The highest BCUT2D eigenvalue weighted by Crippen LogP contribution is 2.34. The summed E-state index contributed by atoms with van der Waals surface area (Å²) >= 11 is 3.41. The second-order valence-electron chi connectivity index (χ2n) is 4.47. The molecule has 1 aromatic rings. The van der Waals surface area contributed by atoms with Crippen molar-refractivity contribution in [3.05, 3.63) is 29.8 Å². The monoisotopic (exact) mass is 311 g/mol. The molecule has 4 heteroatoms. The quantitative estimate of drug-likeness (QED) is 0.497. The molecule has 0 aliphatic carbocycles. The average molecular weight is 312 g/mol. The van der Waals surface area contributed by atoms with Gasteiger partial charge in [-0.05, 0) is 18.9 Å². The van der Waals surface area contributed by atoms with Crippen molar-refractivity contribution in [2.45, 2.75) is 31.4 Å². The van der Waals surface area contributed by atoms with Gasteiger partial charge in [-0.25, -0.2) is 0 Å². The first-order valence-corrected chi connectivity index (χ1v) is 7.45. The van der Waals surface area contributed by atoms with Gasteiger partial charge in [0.05, 0.1) is 12.1 Å². The van der Waals surface area contributed by atoms with Gasteiger partial charge in [0.25, 0.3) is 0 Å². The Morgan fingerprint density at radius 1 is 1.39 bits per heavy atom. The fourth-order valence-corrected chi connectivity index (χ4v) is 2.59. The number of carbonyl (C=O) groups excluding carboxylic acids is 1. The number of alkyl halides is 1. The van der Waals surface area contributed by atoms with Gasteiger partial charge in [-0.2, -0.15) is 0 Å². The second kappa shape index (κ2) is 6.90. The van der Waals surface area contributed by atoms with Gasteiger partial charge in [0.2, 0.25) is 0 Å². The van der Waals surface area contributed by atoms with E-state index in [-0.39, 0.29) is 12.1 Å². The number of benzene rings is 1. The Morgan fingerprint density at radius 3 is 3.00 bits per heavy atom. The van der Waals surface area contributed by atoms with Crippen molar-refractivity contribution in [1.29, 1.82) is 0 Å². The second-order valence-corrected chi connectivity index (χ2v) is 5.26. The molecule has 0 fully saturated rings. The van der Waals surface area contributed by atoms with Gasteiger partial charge in [0.15, 0.2) is 0 Å². The normalized spacial score (nSPS) is 22.1. The van der Waals surface area contributed by atoms with Crippen molar-refractivity contribution in [2.75, 3.05) is 17.3 Å². The SMILES string of the molecule is O=CC1CC(OCCCCBr)c2ccccc2N1. The predicted molar refractivity (Wildman–Crippen MR) is 76.3 cm³/mol. The fraction of sp³-hybridized carbons (Fsp3) is 0.500. The van der Waals surface area contributed by atoms with Crippen LogP contribution in [0.3, 0.4) is 0 Å². The van der Waals surface area contributed by atoms with Crippen molar-refractivity contribution in [3.8, 4) is 0 Å². The molecule has 98 valence electrons. The first-order valence-electron chi connectivity index (χ1n) is 6.33. The molecule has 0 saturated carbocycles. The average Bonchev–Trinajstić information content (AvgIpc) is 2.43. The van der Waals surface area contributed by atoms with E-state index >= 15 is 0 Å². The summed E-state index contributed by atoms with van der Waals surface area (Å²) in [6, 6.07) is 7.91. The Morgan fingerprint density at radius 2 is 2.22 bits per heavy atom. The summed E-state index contributed by atoms with van der Waals surface area (Å²) in [5.41, 5.74) is 2.18. The standard InChI is InChI=1S/C14H18BrNO2/c15-7-3-4-8-18-14-9-11(10-17)16-13-6-2-1-5-12(13)14/h1-2,5-6,10-11,14,16H,3-4,7-9H2. The molecule has 2 atom stereocenters. The number of hydrogen-bond acceptors (Lipinski definition) is 3. The maximum atomic E-state index is 11.0. The van der Waals surface area contributed by atoms with Crippen molar-refractivity contribution < 1.29 is 9.53 Å². The van der Waals surface area contributed by atoms with Gasteiger partial charge in [-0.3, -0.25) is 0 Å². The molecule has 0 aromatic heterocycles. The first-order chi connectivity index (χ1) is 8.85. The third-order valence-corrected chi connectivity index (χ3v) is 3.69. The van der Waals surface area contributed by atoms with Crippen LogP contribution in [0, 0.1) is 0 Å². The largest absolute Gasteiger partial charge is 0.375 e. The highest BCUT2D eigenvalue weighted by atomic mass is 79.9. The number of halogens is 1. The number of fused-ring (bicyclic) bond motifs is 1. The molecule has 18 heavy (non-hydrogen) atoms. The van der Waals surface area contributed by atoms with Gasteiger partial charge >= 0.3 is 0 Å². The summed E-state index contributed by atoms with van der Waals surface area (Å²) in [7, 11) is 0. The topological polar surface area (TPSA) is 38.3 Å². The van der Waals surface area contributed by atoms with E-state index in [0.717, 1.165) is 48.7 Å². The molecule has 1 heterocycles. The lowest BCUT2D eigenvalue weighted by Crippen LogP contribution is -2.30. The van der Waals surface area contributed by atoms with Crippen LogP contribution in [0.4, 0.5) is 5.69 Å². The molecule has 0 spiro atoms. The summed E-state index contributed by atoms with van der Waals surface area (Å²) < 4.78 is 5.92.